The number of nitrogen functional groups attached to an aromatic ring is 1. The number of pyridine rings is 1. The lowest BCUT2D eigenvalue weighted by atomic mass is 10.1. The van der Waals surface area contributed by atoms with E-state index in [0.29, 0.717) is 17.7 Å². The number of aryl methyl sites for hydroxylation is 1. The van der Waals surface area contributed by atoms with Crippen LogP contribution < -0.4 is 10.5 Å². The first-order valence-electron chi connectivity index (χ1n) is 8.91. The van der Waals surface area contributed by atoms with Crippen LogP contribution in [0.2, 0.25) is 0 Å². The van der Waals surface area contributed by atoms with Crippen molar-refractivity contribution >= 4 is 55.1 Å². The Bertz CT molecular complexity index is 1130. The molecule has 2 aromatic heterocycles. The lowest BCUT2D eigenvalue weighted by Crippen LogP contribution is -2.13. The van der Waals surface area contributed by atoms with Crippen LogP contribution in [0.1, 0.15) is 11.9 Å². The molecular weight excluding hydrogens is 376 g/mol. The zero-order valence-electron chi connectivity index (χ0n) is 14.8. The van der Waals surface area contributed by atoms with Crippen LogP contribution in [-0.4, -0.2) is 32.9 Å². The number of rotatable bonds is 4. The van der Waals surface area contributed by atoms with Crippen LogP contribution in [0.25, 0.3) is 21.1 Å². The number of anilines is 1. The van der Waals surface area contributed by atoms with Crippen molar-refractivity contribution in [3.63, 3.8) is 0 Å². The van der Waals surface area contributed by atoms with Gasteiger partial charge in [-0.2, -0.15) is 0 Å². The first kappa shape index (κ1) is 16.8. The van der Waals surface area contributed by atoms with Gasteiger partial charge < -0.3 is 10.5 Å². The van der Waals surface area contributed by atoms with Crippen LogP contribution in [-0.2, 0) is 6.42 Å². The fraction of sp³-hybridized carbons (Fsp3) is 0.250. The number of thioether (sulfide) groups is 1. The molecular formula is C20H18N4OS2. The Kier molecular flexibility index (Phi) is 4.13. The Hall–Kier alpha value is -2.38. The summed E-state index contributed by atoms with van der Waals surface area (Å²) in [6.45, 7) is 2.57. The van der Waals surface area contributed by atoms with Crippen molar-refractivity contribution in [2.24, 2.45) is 4.99 Å². The molecule has 1 aliphatic heterocycles. The van der Waals surface area contributed by atoms with E-state index in [4.69, 9.17) is 15.5 Å². The molecule has 2 aliphatic rings. The molecule has 7 heteroatoms. The Morgan fingerprint density at radius 3 is 2.93 bits per heavy atom. The maximum atomic E-state index is 6.14. The molecule has 3 heterocycles. The van der Waals surface area contributed by atoms with Crippen molar-refractivity contribution in [2.45, 2.75) is 24.6 Å². The normalized spacial score (nSPS) is 21.0. The highest BCUT2D eigenvalue weighted by Gasteiger charge is 2.27. The molecule has 0 saturated carbocycles. The smallest absolute Gasteiger partial charge is 0.151 e. The second kappa shape index (κ2) is 6.65. The number of benzene rings is 1. The monoisotopic (exact) mass is 394 g/mol. The number of allylic oxidation sites excluding steroid dienone is 2. The van der Waals surface area contributed by atoms with E-state index in [1.165, 1.54) is 0 Å². The van der Waals surface area contributed by atoms with Gasteiger partial charge in [0.15, 0.2) is 5.82 Å². The van der Waals surface area contributed by atoms with E-state index in [9.17, 15) is 0 Å². The van der Waals surface area contributed by atoms with Gasteiger partial charge in [-0.05, 0) is 18.6 Å². The maximum Gasteiger partial charge on any atom is 0.151 e. The highest BCUT2D eigenvalue weighted by molar-refractivity contribution is 8.15. The summed E-state index contributed by atoms with van der Waals surface area (Å²) in [6, 6.07) is 6.22. The van der Waals surface area contributed by atoms with Crippen molar-refractivity contribution in [2.75, 3.05) is 12.3 Å². The molecule has 5 nitrogen and oxygen atoms in total. The van der Waals surface area contributed by atoms with Crippen LogP contribution in [0.5, 0.6) is 5.75 Å². The van der Waals surface area contributed by atoms with E-state index in [1.54, 1.807) is 23.1 Å². The van der Waals surface area contributed by atoms with E-state index in [2.05, 4.69) is 41.2 Å². The molecule has 2 atom stereocenters. The van der Waals surface area contributed by atoms with Crippen molar-refractivity contribution in [3.8, 4) is 5.75 Å². The summed E-state index contributed by atoms with van der Waals surface area (Å²) in [6.07, 6.45) is 9.36. The van der Waals surface area contributed by atoms with Crippen molar-refractivity contribution in [1.29, 1.82) is 0 Å². The first-order valence-corrected chi connectivity index (χ1v) is 10.6. The molecule has 27 heavy (non-hydrogen) atoms. The molecule has 0 bridgehead atoms. The molecule has 0 radical (unpaired) electrons. The number of hydrogen-bond donors (Lipinski definition) is 1. The van der Waals surface area contributed by atoms with E-state index in [1.807, 2.05) is 18.2 Å². The fourth-order valence-electron chi connectivity index (χ4n) is 3.31. The number of nitrogens with zero attached hydrogens (tertiary/aromatic N) is 3. The molecule has 2 unspecified atom stereocenters. The Balaban J connectivity index is 1.41. The third-order valence-corrected chi connectivity index (χ3v) is 7.09. The number of fused-ring (bicyclic) bond motifs is 4. The van der Waals surface area contributed by atoms with Crippen molar-refractivity contribution in [3.05, 3.63) is 47.5 Å². The molecule has 1 aromatic carbocycles. The van der Waals surface area contributed by atoms with Gasteiger partial charge in [-0.25, -0.2) is 9.97 Å². The van der Waals surface area contributed by atoms with Crippen LogP contribution >= 0.6 is 23.1 Å². The van der Waals surface area contributed by atoms with Gasteiger partial charge in [0.25, 0.3) is 0 Å². The SMILES string of the molecule is CCc1nc2c(N)nc3cc(OCC4=NC5C=CC=CC5S4)ccc3c2s1. The minimum Gasteiger partial charge on any atom is -0.487 e. The van der Waals surface area contributed by atoms with E-state index < -0.39 is 0 Å². The Labute approximate surface area is 165 Å². The molecule has 136 valence electrons. The highest BCUT2D eigenvalue weighted by Crippen LogP contribution is 2.35. The van der Waals surface area contributed by atoms with Crippen LogP contribution in [0.4, 0.5) is 5.82 Å². The Morgan fingerprint density at radius 1 is 1.19 bits per heavy atom. The molecule has 5 rings (SSSR count). The van der Waals surface area contributed by atoms with Gasteiger partial charge >= 0.3 is 0 Å². The van der Waals surface area contributed by atoms with Crippen LogP contribution in [0, 0.1) is 0 Å². The predicted octanol–water partition coefficient (Wildman–Crippen LogP) is 4.38. The summed E-state index contributed by atoms with van der Waals surface area (Å²) >= 11 is 3.46. The summed E-state index contributed by atoms with van der Waals surface area (Å²) in [5, 5.41) is 3.57. The predicted molar refractivity (Wildman–Crippen MR) is 115 cm³/mol. The van der Waals surface area contributed by atoms with Gasteiger partial charge in [0, 0.05) is 11.5 Å². The van der Waals surface area contributed by atoms with Gasteiger partial charge in [-0.1, -0.05) is 43.0 Å². The van der Waals surface area contributed by atoms with Gasteiger partial charge in [-0.3, -0.25) is 4.99 Å². The number of ether oxygens (including phenoxy) is 1. The summed E-state index contributed by atoms with van der Waals surface area (Å²) in [5.41, 5.74) is 7.78. The van der Waals surface area contributed by atoms with Crippen molar-refractivity contribution in [1.82, 2.24) is 9.97 Å². The summed E-state index contributed by atoms with van der Waals surface area (Å²) in [4.78, 5) is 13.9. The fourth-order valence-corrected chi connectivity index (χ4v) is 5.44. The third-order valence-electron chi connectivity index (χ3n) is 4.66. The molecule has 2 N–H and O–H groups in total. The van der Waals surface area contributed by atoms with Crippen LogP contribution in [0.15, 0.2) is 47.5 Å². The lowest BCUT2D eigenvalue weighted by Gasteiger charge is -2.11. The quantitative estimate of drug-likeness (QED) is 0.711. The molecule has 3 aromatic rings. The number of aromatic nitrogens is 2. The van der Waals surface area contributed by atoms with E-state index in [-0.39, 0.29) is 6.04 Å². The average molecular weight is 395 g/mol. The number of nitrogens with two attached hydrogens (primary N) is 1. The molecule has 0 fully saturated rings. The largest absolute Gasteiger partial charge is 0.487 e. The summed E-state index contributed by atoms with van der Waals surface area (Å²) in [5.74, 6) is 1.25. The zero-order chi connectivity index (χ0) is 18.4. The van der Waals surface area contributed by atoms with Crippen LogP contribution in [0.3, 0.4) is 0 Å². The Morgan fingerprint density at radius 2 is 2.07 bits per heavy atom. The zero-order valence-corrected chi connectivity index (χ0v) is 16.4. The molecule has 0 spiro atoms. The second-order valence-corrected chi connectivity index (χ2v) is 8.80. The van der Waals surface area contributed by atoms with Gasteiger partial charge in [0.1, 0.15) is 22.9 Å². The molecule has 1 aliphatic carbocycles. The maximum absolute atomic E-state index is 6.14. The molecule has 0 saturated heterocycles. The van der Waals surface area contributed by atoms with Gasteiger partial charge in [0.05, 0.1) is 26.5 Å². The average Bonchev–Trinajstić information content (AvgIpc) is 3.30. The third kappa shape index (κ3) is 3.00. The van der Waals surface area contributed by atoms with Gasteiger partial charge in [-0.15, -0.1) is 11.3 Å². The minimum atomic E-state index is 0.240. The molecule has 0 amide bonds. The standard InChI is InChI=1S/C20H18N4OS2/c1-2-16-24-18-19(27-16)12-8-7-11(9-14(12)23-20(18)21)25-10-17-22-13-5-3-4-6-15(13)26-17/h3-9,13,15H,2,10H2,1H3,(H2,21,23). The topological polar surface area (TPSA) is 73.4 Å². The minimum absolute atomic E-state index is 0.240. The van der Waals surface area contributed by atoms with E-state index >= 15 is 0 Å². The number of hydrogen-bond acceptors (Lipinski definition) is 7. The van der Waals surface area contributed by atoms with Crippen molar-refractivity contribution < 1.29 is 4.74 Å². The first-order chi connectivity index (χ1) is 13.2. The second-order valence-electron chi connectivity index (χ2n) is 6.47. The summed E-state index contributed by atoms with van der Waals surface area (Å²) in [7, 11) is 0. The summed E-state index contributed by atoms with van der Waals surface area (Å²) < 4.78 is 7.09. The number of aliphatic imine (C=N–C) groups is 1. The highest BCUT2D eigenvalue weighted by atomic mass is 32.2. The van der Waals surface area contributed by atoms with Gasteiger partial charge in [0.2, 0.25) is 0 Å². The number of thiazole rings is 1. The van der Waals surface area contributed by atoms with E-state index in [0.717, 1.165) is 43.3 Å². The lowest BCUT2D eigenvalue weighted by molar-refractivity contribution is 0.379.